The van der Waals surface area contributed by atoms with Crippen molar-refractivity contribution in [3.8, 4) is 0 Å². The van der Waals surface area contributed by atoms with E-state index >= 15 is 0 Å². The summed E-state index contributed by atoms with van der Waals surface area (Å²) in [4.78, 5) is 11.5. The van der Waals surface area contributed by atoms with Crippen molar-refractivity contribution in [3.63, 3.8) is 0 Å². The molecule has 0 bridgehead atoms. The number of carbonyl (C=O) groups is 1. The summed E-state index contributed by atoms with van der Waals surface area (Å²) in [5, 5.41) is 0.937. The van der Waals surface area contributed by atoms with Crippen molar-refractivity contribution in [2.75, 3.05) is 7.11 Å². The van der Waals surface area contributed by atoms with Gasteiger partial charge in [-0.3, -0.25) is 0 Å². The Labute approximate surface area is 94.0 Å². The Hall–Kier alpha value is -1.77. The summed E-state index contributed by atoms with van der Waals surface area (Å²) in [7, 11) is 1.37. The van der Waals surface area contributed by atoms with Gasteiger partial charge in [0, 0.05) is 11.3 Å². The SMILES string of the molecule is COC(=O)c1cccc2cc(C(C)C)oc12. The lowest BCUT2D eigenvalue weighted by Crippen LogP contribution is -2.00. The fraction of sp³-hybridized carbons (Fsp3) is 0.308. The highest BCUT2D eigenvalue weighted by Gasteiger charge is 2.15. The van der Waals surface area contributed by atoms with Crippen LogP contribution in [0.4, 0.5) is 0 Å². The van der Waals surface area contributed by atoms with E-state index < -0.39 is 0 Å². The van der Waals surface area contributed by atoms with Crippen LogP contribution in [0.5, 0.6) is 0 Å². The Morgan fingerprint density at radius 2 is 2.12 bits per heavy atom. The van der Waals surface area contributed by atoms with Gasteiger partial charge in [0.15, 0.2) is 0 Å². The predicted molar refractivity (Wildman–Crippen MR) is 61.6 cm³/mol. The predicted octanol–water partition coefficient (Wildman–Crippen LogP) is 3.34. The highest BCUT2D eigenvalue weighted by Crippen LogP contribution is 2.27. The summed E-state index contributed by atoms with van der Waals surface area (Å²) >= 11 is 0. The molecule has 0 aliphatic rings. The van der Waals surface area contributed by atoms with Gasteiger partial charge < -0.3 is 9.15 Å². The Bertz CT molecular complexity index is 523. The molecule has 0 aliphatic carbocycles. The maximum atomic E-state index is 11.5. The molecular weight excluding hydrogens is 204 g/mol. The maximum absolute atomic E-state index is 11.5. The number of hydrogen-bond donors (Lipinski definition) is 0. The van der Waals surface area contributed by atoms with Gasteiger partial charge in [0.05, 0.1) is 7.11 Å². The quantitative estimate of drug-likeness (QED) is 0.726. The van der Waals surface area contributed by atoms with Crippen molar-refractivity contribution in [3.05, 3.63) is 35.6 Å². The highest BCUT2D eigenvalue weighted by atomic mass is 16.5. The van der Waals surface area contributed by atoms with Crippen LogP contribution in [0.25, 0.3) is 11.0 Å². The van der Waals surface area contributed by atoms with Crippen LogP contribution in [0.2, 0.25) is 0 Å². The van der Waals surface area contributed by atoms with E-state index in [9.17, 15) is 4.79 Å². The minimum absolute atomic E-state index is 0.304. The third kappa shape index (κ3) is 1.69. The monoisotopic (exact) mass is 218 g/mol. The van der Waals surface area contributed by atoms with E-state index in [-0.39, 0.29) is 5.97 Å². The second-order valence-electron chi connectivity index (χ2n) is 4.02. The van der Waals surface area contributed by atoms with Gasteiger partial charge in [0.1, 0.15) is 16.9 Å². The summed E-state index contributed by atoms with van der Waals surface area (Å²) in [6.07, 6.45) is 0. The first-order chi connectivity index (χ1) is 7.63. The van der Waals surface area contributed by atoms with Crippen LogP contribution in [0, 0.1) is 0 Å². The lowest BCUT2D eigenvalue weighted by Gasteiger charge is -2.00. The van der Waals surface area contributed by atoms with E-state index in [0.717, 1.165) is 11.1 Å². The summed E-state index contributed by atoms with van der Waals surface area (Å²) in [6.45, 7) is 4.10. The first-order valence-electron chi connectivity index (χ1n) is 5.24. The molecule has 84 valence electrons. The van der Waals surface area contributed by atoms with Crippen LogP contribution >= 0.6 is 0 Å². The Kier molecular flexibility index (Phi) is 2.69. The molecule has 0 N–H and O–H groups in total. The fourth-order valence-electron chi connectivity index (χ4n) is 1.64. The molecule has 1 heterocycles. The lowest BCUT2D eigenvalue weighted by atomic mass is 10.1. The second kappa shape index (κ2) is 4.00. The number of fused-ring (bicyclic) bond motifs is 1. The van der Waals surface area contributed by atoms with Crippen LogP contribution in [-0.4, -0.2) is 13.1 Å². The smallest absolute Gasteiger partial charge is 0.341 e. The second-order valence-corrected chi connectivity index (χ2v) is 4.02. The topological polar surface area (TPSA) is 39.4 Å². The molecule has 0 fully saturated rings. The number of rotatable bonds is 2. The third-order valence-electron chi connectivity index (χ3n) is 2.54. The molecule has 0 radical (unpaired) electrons. The first-order valence-corrected chi connectivity index (χ1v) is 5.24. The van der Waals surface area contributed by atoms with Gasteiger partial charge in [0.2, 0.25) is 0 Å². The Balaban J connectivity index is 2.63. The molecule has 0 atom stereocenters. The summed E-state index contributed by atoms with van der Waals surface area (Å²) in [5.41, 5.74) is 1.09. The van der Waals surface area contributed by atoms with Crippen molar-refractivity contribution in [1.29, 1.82) is 0 Å². The average molecular weight is 218 g/mol. The number of para-hydroxylation sites is 1. The molecule has 0 amide bonds. The third-order valence-corrected chi connectivity index (χ3v) is 2.54. The molecule has 16 heavy (non-hydrogen) atoms. The summed E-state index contributed by atoms with van der Waals surface area (Å²) in [5.74, 6) is 0.819. The van der Waals surface area contributed by atoms with Crippen molar-refractivity contribution >= 4 is 16.9 Å². The summed E-state index contributed by atoms with van der Waals surface area (Å²) in [6, 6.07) is 7.43. The molecule has 2 aromatic rings. The van der Waals surface area contributed by atoms with E-state index in [2.05, 4.69) is 13.8 Å². The molecule has 0 saturated heterocycles. The van der Waals surface area contributed by atoms with E-state index in [1.165, 1.54) is 7.11 Å². The van der Waals surface area contributed by atoms with Crippen LogP contribution in [0.1, 0.15) is 35.9 Å². The molecule has 1 aromatic heterocycles. The average Bonchev–Trinajstić information content (AvgIpc) is 2.71. The van der Waals surface area contributed by atoms with Crippen molar-refractivity contribution in [2.24, 2.45) is 0 Å². The number of methoxy groups -OCH3 is 1. The van der Waals surface area contributed by atoms with Gasteiger partial charge in [-0.1, -0.05) is 26.0 Å². The number of carbonyl (C=O) groups excluding carboxylic acids is 1. The van der Waals surface area contributed by atoms with Gasteiger partial charge >= 0.3 is 5.97 Å². The minimum Gasteiger partial charge on any atom is -0.465 e. The largest absolute Gasteiger partial charge is 0.465 e. The molecule has 0 saturated carbocycles. The van der Waals surface area contributed by atoms with E-state index in [4.69, 9.17) is 9.15 Å². The fourth-order valence-corrected chi connectivity index (χ4v) is 1.64. The molecule has 0 spiro atoms. The van der Waals surface area contributed by atoms with Crippen LogP contribution in [0.3, 0.4) is 0 Å². The number of benzene rings is 1. The van der Waals surface area contributed by atoms with Crippen LogP contribution < -0.4 is 0 Å². The number of furan rings is 1. The standard InChI is InChI=1S/C13H14O3/c1-8(2)11-7-9-5-4-6-10(12(9)16-11)13(14)15-3/h4-8H,1-3H3. The highest BCUT2D eigenvalue weighted by molar-refractivity contribution is 6.02. The number of hydrogen-bond acceptors (Lipinski definition) is 3. The Morgan fingerprint density at radius 3 is 2.75 bits per heavy atom. The first kappa shape index (κ1) is 10.7. The molecular formula is C13H14O3. The van der Waals surface area contributed by atoms with E-state index in [1.54, 1.807) is 6.07 Å². The minimum atomic E-state index is -0.366. The molecule has 2 rings (SSSR count). The Morgan fingerprint density at radius 1 is 1.38 bits per heavy atom. The van der Waals surface area contributed by atoms with Crippen molar-refractivity contribution in [1.82, 2.24) is 0 Å². The zero-order chi connectivity index (χ0) is 11.7. The summed E-state index contributed by atoms with van der Waals surface area (Å²) < 4.78 is 10.4. The van der Waals surface area contributed by atoms with Crippen LogP contribution in [-0.2, 0) is 4.74 Å². The van der Waals surface area contributed by atoms with Crippen molar-refractivity contribution in [2.45, 2.75) is 19.8 Å². The molecule has 3 heteroatoms. The lowest BCUT2D eigenvalue weighted by molar-refractivity contribution is 0.0601. The maximum Gasteiger partial charge on any atom is 0.341 e. The van der Waals surface area contributed by atoms with Crippen LogP contribution in [0.15, 0.2) is 28.7 Å². The molecule has 0 aliphatic heterocycles. The van der Waals surface area contributed by atoms with Gasteiger partial charge in [-0.15, -0.1) is 0 Å². The van der Waals surface area contributed by atoms with Gasteiger partial charge in [-0.2, -0.15) is 0 Å². The molecule has 3 nitrogen and oxygen atoms in total. The zero-order valence-electron chi connectivity index (χ0n) is 9.61. The van der Waals surface area contributed by atoms with Gasteiger partial charge in [-0.05, 0) is 12.1 Å². The molecule has 0 unspecified atom stereocenters. The van der Waals surface area contributed by atoms with Crippen molar-refractivity contribution < 1.29 is 13.9 Å². The van der Waals surface area contributed by atoms with E-state index in [1.807, 2.05) is 18.2 Å². The molecule has 1 aromatic carbocycles. The van der Waals surface area contributed by atoms with E-state index in [0.29, 0.717) is 17.1 Å². The zero-order valence-corrected chi connectivity index (χ0v) is 9.61. The van der Waals surface area contributed by atoms with Gasteiger partial charge in [-0.25, -0.2) is 4.79 Å². The number of ether oxygens (including phenoxy) is 1. The number of esters is 1. The van der Waals surface area contributed by atoms with Gasteiger partial charge in [0.25, 0.3) is 0 Å². The normalized spacial score (nSPS) is 11.0.